The summed E-state index contributed by atoms with van der Waals surface area (Å²) in [6.07, 6.45) is 0.785. The number of phenols is 1. The van der Waals surface area contributed by atoms with Gasteiger partial charge in [0.05, 0.1) is 5.54 Å². The van der Waals surface area contributed by atoms with Crippen molar-refractivity contribution in [3.8, 4) is 28.5 Å². The number of rotatable bonds is 6. The van der Waals surface area contributed by atoms with Crippen LogP contribution >= 0.6 is 0 Å². The van der Waals surface area contributed by atoms with E-state index in [1.54, 1.807) is 6.07 Å². The summed E-state index contributed by atoms with van der Waals surface area (Å²) in [5.41, 5.74) is 8.20. The fourth-order valence-corrected chi connectivity index (χ4v) is 7.95. The zero-order chi connectivity index (χ0) is 34.2. The summed E-state index contributed by atoms with van der Waals surface area (Å²) in [5, 5.41) is 11.5. The van der Waals surface area contributed by atoms with Crippen LogP contribution in [0.4, 0.5) is 0 Å². The van der Waals surface area contributed by atoms with Crippen LogP contribution in [0.2, 0.25) is 0 Å². The minimum Gasteiger partial charge on any atom is -0.511 e. The Morgan fingerprint density at radius 3 is 2.24 bits per heavy atom. The van der Waals surface area contributed by atoms with Gasteiger partial charge in [-0.2, -0.15) is 0 Å². The molecule has 0 amide bonds. The summed E-state index contributed by atoms with van der Waals surface area (Å²) in [6, 6.07) is 30.5. The number of pyridine rings is 1. The largest absolute Gasteiger partial charge is 0.511 e. The van der Waals surface area contributed by atoms with Crippen molar-refractivity contribution in [2.24, 2.45) is 4.99 Å². The SMILES string of the molecule is Cc1cc(O)c2nc(Oc3[c-]c(C4=N[C@@]5(C)Cc6ccccc6C(C)(C)[C@@]5(C)O4)cc(-c4c(C(C)C)cccc4C(C)C)c3)ccc2c1.[Pt]. The van der Waals surface area contributed by atoms with Crippen molar-refractivity contribution >= 4 is 16.8 Å². The van der Waals surface area contributed by atoms with Gasteiger partial charge in [0.25, 0.3) is 0 Å². The van der Waals surface area contributed by atoms with Gasteiger partial charge in [0.15, 0.2) is 0 Å². The second kappa shape index (κ2) is 12.4. The Kier molecular flexibility index (Phi) is 8.85. The van der Waals surface area contributed by atoms with Crippen LogP contribution < -0.4 is 4.74 Å². The number of ether oxygens (including phenoxy) is 2. The molecule has 49 heavy (non-hydrogen) atoms. The van der Waals surface area contributed by atoms with Gasteiger partial charge in [0.2, 0.25) is 5.88 Å². The van der Waals surface area contributed by atoms with E-state index in [0.29, 0.717) is 34.9 Å². The Morgan fingerprint density at radius 1 is 0.857 bits per heavy atom. The predicted molar refractivity (Wildman–Crippen MR) is 195 cm³/mol. The average molecular weight is 833 g/mol. The van der Waals surface area contributed by atoms with Crippen LogP contribution in [-0.4, -0.2) is 27.1 Å². The van der Waals surface area contributed by atoms with Gasteiger partial charge in [-0.25, -0.2) is 4.98 Å². The standard InChI is InChI=1S/C43H45N2O3.Pt/c1-25(2)33-14-12-15-34(26(3)4)38(33)30-21-31(23-32(22-30)47-37-18-17-28-19-27(5)20-36(46)39(28)44-37)40-45-42(8)24-29-13-10-11-16-35(29)41(6,7)43(42,9)48-40;/h10-22,25-26,46H,24H2,1-9H3;/q-1;/t42-,43+;/m0./s1. The first-order chi connectivity index (χ1) is 22.7. The molecule has 6 heteroatoms. The smallest absolute Gasteiger partial charge is 0.217 e. The van der Waals surface area contributed by atoms with E-state index in [-0.39, 0.29) is 32.2 Å². The van der Waals surface area contributed by atoms with Crippen molar-refractivity contribution in [2.45, 2.75) is 97.1 Å². The van der Waals surface area contributed by atoms with Gasteiger partial charge in [-0.3, -0.25) is 4.99 Å². The molecule has 4 aromatic carbocycles. The molecule has 5 aromatic rings. The molecule has 0 fully saturated rings. The molecule has 0 unspecified atom stereocenters. The predicted octanol–water partition coefficient (Wildman–Crippen LogP) is 10.6. The number of phenolic OH excluding ortho intramolecular Hbond substituents is 1. The Morgan fingerprint density at radius 2 is 1.55 bits per heavy atom. The Labute approximate surface area is 305 Å². The fourth-order valence-electron chi connectivity index (χ4n) is 7.95. The molecule has 1 N–H and O–H groups in total. The Hall–Kier alpha value is -3.95. The zero-order valence-electron chi connectivity index (χ0n) is 29.8. The van der Waals surface area contributed by atoms with Crippen molar-refractivity contribution in [2.75, 3.05) is 0 Å². The molecule has 0 saturated carbocycles. The third kappa shape index (κ3) is 5.68. The first-order valence-electron chi connectivity index (χ1n) is 17.1. The molecule has 1 aliphatic heterocycles. The van der Waals surface area contributed by atoms with Gasteiger partial charge in [-0.1, -0.05) is 107 Å². The van der Waals surface area contributed by atoms with Crippen molar-refractivity contribution in [3.05, 3.63) is 118 Å². The molecule has 0 saturated heterocycles. The van der Waals surface area contributed by atoms with Crippen LogP contribution in [0, 0.1) is 13.0 Å². The number of hydrogen-bond donors (Lipinski definition) is 1. The van der Waals surface area contributed by atoms with Crippen molar-refractivity contribution in [1.29, 1.82) is 0 Å². The third-order valence-corrected chi connectivity index (χ3v) is 10.9. The normalized spacial score (nSPS) is 20.8. The minimum absolute atomic E-state index is 0. The van der Waals surface area contributed by atoms with Crippen LogP contribution in [0.15, 0.2) is 83.9 Å². The molecular weight excluding hydrogens is 788 g/mol. The maximum atomic E-state index is 10.7. The van der Waals surface area contributed by atoms with Crippen molar-refractivity contribution in [1.82, 2.24) is 4.98 Å². The number of aromatic nitrogens is 1. The summed E-state index contributed by atoms with van der Waals surface area (Å²) < 4.78 is 13.6. The van der Waals surface area contributed by atoms with E-state index < -0.39 is 11.1 Å². The quantitative estimate of drug-likeness (QED) is 0.173. The average Bonchev–Trinajstić information content (AvgIpc) is 3.32. The topological polar surface area (TPSA) is 63.9 Å². The first-order valence-corrected chi connectivity index (χ1v) is 17.1. The van der Waals surface area contributed by atoms with Crippen LogP contribution in [0.25, 0.3) is 22.0 Å². The molecule has 0 spiro atoms. The van der Waals surface area contributed by atoms with Gasteiger partial charge >= 0.3 is 0 Å². The maximum absolute atomic E-state index is 10.7. The number of fused-ring (bicyclic) bond motifs is 3. The first kappa shape index (κ1) is 34.9. The molecule has 0 radical (unpaired) electrons. The van der Waals surface area contributed by atoms with Gasteiger partial charge in [0.1, 0.15) is 22.8 Å². The van der Waals surface area contributed by atoms with E-state index in [1.165, 1.54) is 27.8 Å². The van der Waals surface area contributed by atoms with Crippen LogP contribution in [0.1, 0.15) is 101 Å². The fraction of sp³-hybridized carbons (Fsp3) is 0.349. The van der Waals surface area contributed by atoms with Crippen LogP contribution in [-0.2, 0) is 37.6 Å². The monoisotopic (exact) mass is 832 g/mol. The van der Waals surface area contributed by atoms with E-state index in [1.807, 2.05) is 31.2 Å². The summed E-state index contributed by atoms with van der Waals surface area (Å²) in [5.74, 6) is 2.20. The minimum atomic E-state index is -0.594. The van der Waals surface area contributed by atoms with Gasteiger partial charge < -0.3 is 14.6 Å². The Balaban J connectivity index is 0.00000417. The van der Waals surface area contributed by atoms with Crippen molar-refractivity contribution < 1.29 is 35.6 Å². The Bertz CT molecular complexity index is 2090. The molecule has 256 valence electrons. The van der Waals surface area contributed by atoms with E-state index >= 15 is 0 Å². The van der Waals surface area contributed by atoms with E-state index in [9.17, 15) is 5.11 Å². The van der Waals surface area contributed by atoms with E-state index in [4.69, 9.17) is 19.5 Å². The molecule has 1 aromatic heterocycles. The van der Waals surface area contributed by atoms with Gasteiger partial charge in [0, 0.05) is 50.1 Å². The maximum Gasteiger partial charge on any atom is 0.217 e. The van der Waals surface area contributed by atoms with Crippen molar-refractivity contribution in [3.63, 3.8) is 0 Å². The van der Waals surface area contributed by atoms with Gasteiger partial charge in [-0.15, -0.1) is 6.07 Å². The van der Waals surface area contributed by atoms with E-state index in [2.05, 4.69) is 110 Å². The molecule has 5 nitrogen and oxygen atoms in total. The number of hydrogen-bond acceptors (Lipinski definition) is 5. The van der Waals surface area contributed by atoms with Gasteiger partial charge in [-0.05, 0) is 84.2 Å². The second-order valence-corrected chi connectivity index (χ2v) is 15.2. The molecular formula is C43H45N2O3Pt-. The molecule has 2 atom stereocenters. The summed E-state index contributed by atoms with van der Waals surface area (Å²) in [7, 11) is 0. The van der Waals surface area contributed by atoms with Crippen LogP contribution in [0.3, 0.4) is 0 Å². The number of benzene rings is 4. The molecule has 2 aliphatic rings. The summed E-state index contributed by atoms with van der Waals surface area (Å²) in [6.45, 7) is 19.9. The molecule has 2 heterocycles. The second-order valence-electron chi connectivity index (χ2n) is 15.2. The molecule has 0 bridgehead atoms. The number of aromatic hydroxyl groups is 1. The number of aliphatic imine (C=N–C) groups is 1. The number of nitrogens with zero attached hydrogens (tertiary/aromatic N) is 2. The molecule has 7 rings (SSSR count). The number of aryl methyl sites for hydroxylation is 1. The van der Waals surface area contributed by atoms with E-state index in [0.717, 1.165) is 28.5 Å². The van der Waals surface area contributed by atoms with Crippen LogP contribution in [0.5, 0.6) is 17.4 Å². The molecule has 1 aliphatic carbocycles. The zero-order valence-corrected chi connectivity index (χ0v) is 32.1. The summed E-state index contributed by atoms with van der Waals surface area (Å²) in [4.78, 5) is 10.1. The third-order valence-electron chi connectivity index (χ3n) is 10.9. The summed E-state index contributed by atoms with van der Waals surface area (Å²) >= 11 is 0.